The van der Waals surface area contributed by atoms with E-state index in [1.165, 1.54) is 16.2 Å². The van der Waals surface area contributed by atoms with Gasteiger partial charge in [0.15, 0.2) is 5.13 Å². The molecule has 1 N–H and O–H groups in total. The van der Waals surface area contributed by atoms with Crippen LogP contribution in [0, 0.1) is 13.8 Å². The highest BCUT2D eigenvalue weighted by Crippen LogP contribution is 2.45. The minimum Gasteiger partial charge on any atom is -0.507 e. The quantitative estimate of drug-likeness (QED) is 0.151. The van der Waals surface area contributed by atoms with Crippen LogP contribution >= 0.6 is 11.3 Å². The summed E-state index contributed by atoms with van der Waals surface area (Å²) in [5, 5.41) is 11.8. The number of thiazole rings is 1. The molecule has 1 saturated heterocycles. The van der Waals surface area contributed by atoms with Crippen molar-refractivity contribution in [3.8, 4) is 11.5 Å². The molecule has 2 heterocycles. The number of benzene rings is 3. The molecule has 1 amide bonds. The summed E-state index contributed by atoms with van der Waals surface area (Å²) in [7, 11) is 0. The van der Waals surface area contributed by atoms with Crippen molar-refractivity contribution in [3.05, 3.63) is 88.5 Å². The van der Waals surface area contributed by atoms with Crippen molar-refractivity contribution in [2.24, 2.45) is 0 Å². The fourth-order valence-electron chi connectivity index (χ4n) is 4.80. The predicted octanol–water partition coefficient (Wildman–Crippen LogP) is 6.73. The highest BCUT2D eigenvalue weighted by atomic mass is 32.1. The molecule has 1 unspecified atom stereocenters. The maximum atomic E-state index is 13.6. The van der Waals surface area contributed by atoms with E-state index < -0.39 is 17.7 Å². The number of ether oxygens (including phenoxy) is 2. The standard InChI is InChI=1S/C31H30N2O5S/c1-5-15-38-23-11-7-20(8-12-23)27-25(28(34)21-9-13-22(14-10-21)37-6-2)29(35)30(36)33(27)31-32-26-19(4)16-18(3)17-24(26)39-31/h7-14,16-17,27,34H,5-6,15H2,1-4H3/b28-25+. The lowest BCUT2D eigenvalue weighted by Crippen LogP contribution is -2.29. The second-order valence-electron chi connectivity index (χ2n) is 9.47. The number of aliphatic hydroxyl groups is 1. The van der Waals surface area contributed by atoms with Gasteiger partial charge in [-0.1, -0.05) is 36.5 Å². The van der Waals surface area contributed by atoms with Gasteiger partial charge in [-0.25, -0.2) is 4.98 Å². The zero-order chi connectivity index (χ0) is 27.7. The van der Waals surface area contributed by atoms with E-state index in [2.05, 4.69) is 0 Å². The normalized spacial score (nSPS) is 16.7. The third kappa shape index (κ3) is 5.00. The Labute approximate surface area is 231 Å². The van der Waals surface area contributed by atoms with E-state index in [0.717, 1.165) is 27.8 Å². The van der Waals surface area contributed by atoms with E-state index in [1.54, 1.807) is 24.3 Å². The lowest BCUT2D eigenvalue weighted by Gasteiger charge is -2.23. The van der Waals surface area contributed by atoms with Gasteiger partial charge in [0.2, 0.25) is 0 Å². The third-order valence-corrected chi connectivity index (χ3v) is 7.58. The van der Waals surface area contributed by atoms with E-state index >= 15 is 0 Å². The SMILES string of the molecule is CCCOc1ccc(C2/C(=C(\O)c3ccc(OCC)cc3)C(=O)C(=O)N2c2nc3c(C)cc(C)cc3s2)cc1. The summed E-state index contributed by atoms with van der Waals surface area (Å²) < 4.78 is 12.2. The number of rotatable bonds is 8. The van der Waals surface area contributed by atoms with Gasteiger partial charge in [-0.05, 0) is 86.3 Å². The Kier molecular flexibility index (Phi) is 7.39. The van der Waals surface area contributed by atoms with Crippen LogP contribution in [0.2, 0.25) is 0 Å². The van der Waals surface area contributed by atoms with Crippen molar-refractivity contribution in [2.75, 3.05) is 18.1 Å². The molecule has 200 valence electrons. The first kappa shape index (κ1) is 26.4. The van der Waals surface area contributed by atoms with Gasteiger partial charge in [0, 0.05) is 5.56 Å². The summed E-state index contributed by atoms with van der Waals surface area (Å²) in [5.41, 5.74) is 3.96. The highest BCUT2D eigenvalue weighted by Gasteiger charge is 2.48. The van der Waals surface area contributed by atoms with Crippen molar-refractivity contribution >= 4 is 44.1 Å². The predicted molar refractivity (Wildman–Crippen MR) is 154 cm³/mol. The highest BCUT2D eigenvalue weighted by molar-refractivity contribution is 7.22. The second kappa shape index (κ2) is 10.9. The molecule has 0 bridgehead atoms. The topological polar surface area (TPSA) is 89.0 Å². The Bertz CT molecular complexity index is 1570. The number of carbonyl (C=O) groups is 2. The van der Waals surface area contributed by atoms with Crippen LogP contribution in [0.3, 0.4) is 0 Å². The van der Waals surface area contributed by atoms with Crippen molar-refractivity contribution in [1.29, 1.82) is 0 Å². The van der Waals surface area contributed by atoms with Gasteiger partial charge >= 0.3 is 5.91 Å². The number of aliphatic hydroxyl groups excluding tert-OH is 1. The summed E-state index contributed by atoms with van der Waals surface area (Å²) in [6.07, 6.45) is 0.875. The van der Waals surface area contributed by atoms with Crippen molar-refractivity contribution in [1.82, 2.24) is 4.98 Å². The summed E-state index contributed by atoms with van der Waals surface area (Å²) >= 11 is 1.35. The molecule has 0 aliphatic carbocycles. The molecule has 1 atom stereocenters. The maximum Gasteiger partial charge on any atom is 0.301 e. The van der Waals surface area contributed by atoms with Crippen molar-refractivity contribution < 1.29 is 24.2 Å². The van der Waals surface area contributed by atoms with Crippen LogP contribution in [0.25, 0.3) is 16.0 Å². The van der Waals surface area contributed by atoms with Crippen LogP contribution in [-0.2, 0) is 9.59 Å². The van der Waals surface area contributed by atoms with E-state index in [0.29, 0.717) is 41.0 Å². The molecule has 1 aliphatic rings. The number of aromatic nitrogens is 1. The van der Waals surface area contributed by atoms with Gasteiger partial charge < -0.3 is 14.6 Å². The molecule has 8 heteroatoms. The summed E-state index contributed by atoms with van der Waals surface area (Å²) in [5.74, 6) is -0.399. The molecule has 4 aromatic rings. The number of carbonyl (C=O) groups excluding carboxylic acids is 2. The second-order valence-corrected chi connectivity index (χ2v) is 10.5. The van der Waals surface area contributed by atoms with Gasteiger partial charge in [-0.15, -0.1) is 0 Å². The number of fused-ring (bicyclic) bond motifs is 1. The summed E-state index contributed by atoms with van der Waals surface area (Å²) in [6.45, 7) is 9.00. The first-order valence-corrected chi connectivity index (χ1v) is 13.8. The first-order chi connectivity index (χ1) is 18.8. The van der Waals surface area contributed by atoms with Crippen LogP contribution < -0.4 is 14.4 Å². The van der Waals surface area contributed by atoms with Crippen LogP contribution in [0.5, 0.6) is 11.5 Å². The first-order valence-electron chi connectivity index (χ1n) is 13.0. The number of ketones is 1. The van der Waals surface area contributed by atoms with Gasteiger partial charge in [-0.2, -0.15) is 0 Å². The third-order valence-electron chi connectivity index (χ3n) is 6.58. The lowest BCUT2D eigenvalue weighted by molar-refractivity contribution is -0.132. The minimum absolute atomic E-state index is 0.0125. The van der Waals surface area contributed by atoms with E-state index in [-0.39, 0.29) is 11.3 Å². The van der Waals surface area contributed by atoms with Gasteiger partial charge in [0.1, 0.15) is 17.3 Å². The smallest absolute Gasteiger partial charge is 0.301 e. The zero-order valence-electron chi connectivity index (χ0n) is 22.4. The van der Waals surface area contributed by atoms with E-state index in [4.69, 9.17) is 14.5 Å². The number of hydrogen-bond donors (Lipinski definition) is 1. The molecule has 1 aliphatic heterocycles. The van der Waals surface area contributed by atoms with Gasteiger partial charge in [0.25, 0.3) is 5.78 Å². The Morgan fingerprint density at radius 2 is 1.64 bits per heavy atom. The molecular formula is C31H30N2O5S. The Morgan fingerprint density at radius 3 is 2.31 bits per heavy atom. The van der Waals surface area contributed by atoms with Crippen LogP contribution in [-0.4, -0.2) is 35.0 Å². The largest absolute Gasteiger partial charge is 0.507 e. The number of nitrogens with zero attached hydrogens (tertiary/aromatic N) is 2. The lowest BCUT2D eigenvalue weighted by atomic mass is 9.95. The fraction of sp³-hybridized carbons (Fsp3) is 0.258. The number of hydrogen-bond acceptors (Lipinski definition) is 7. The monoisotopic (exact) mass is 542 g/mol. The van der Waals surface area contributed by atoms with Crippen molar-refractivity contribution in [3.63, 3.8) is 0 Å². The molecule has 0 saturated carbocycles. The Morgan fingerprint density at radius 1 is 0.974 bits per heavy atom. The zero-order valence-corrected chi connectivity index (χ0v) is 23.2. The molecule has 1 fully saturated rings. The molecule has 7 nitrogen and oxygen atoms in total. The summed E-state index contributed by atoms with van der Waals surface area (Å²) in [6, 6.07) is 17.3. The molecular weight excluding hydrogens is 512 g/mol. The molecule has 1 aromatic heterocycles. The number of aryl methyl sites for hydroxylation is 2. The minimum atomic E-state index is -0.862. The summed E-state index contributed by atoms with van der Waals surface area (Å²) in [4.78, 5) is 33.3. The van der Waals surface area contributed by atoms with Crippen LogP contribution in [0.1, 0.15) is 48.6 Å². The molecule has 5 rings (SSSR count). The average molecular weight is 543 g/mol. The maximum absolute atomic E-state index is 13.6. The number of Topliss-reactive ketones (excluding diaryl/α,β-unsaturated/α-hetero) is 1. The van der Waals surface area contributed by atoms with Gasteiger partial charge in [0.05, 0.1) is 35.0 Å². The van der Waals surface area contributed by atoms with Crippen LogP contribution in [0.4, 0.5) is 5.13 Å². The molecule has 0 spiro atoms. The molecule has 0 radical (unpaired) electrons. The molecule has 39 heavy (non-hydrogen) atoms. The van der Waals surface area contributed by atoms with Crippen LogP contribution in [0.15, 0.2) is 66.2 Å². The van der Waals surface area contributed by atoms with Crippen molar-refractivity contribution in [2.45, 2.75) is 40.2 Å². The van der Waals surface area contributed by atoms with Gasteiger partial charge in [-0.3, -0.25) is 14.5 Å². The fourth-order valence-corrected chi connectivity index (χ4v) is 5.97. The molecule has 3 aromatic carbocycles. The number of anilines is 1. The average Bonchev–Trinajstić information content (AvgIpc) is 3.46. The Balaban J connectivity index is 1.66. The number of amides is 1. The van der Waals surface area contributed by atoms with E-state index in [9.17, 15) is 14.7 Å². The Hall–Kier alpha value is -4.17. The van der Waals surface area contributed by atoms with E-state index in [1.807, 2.05) is 64.1 Å².